The summed E-state index contributed by atoms with van der Waals surface area (Å²) in [5.41, 5.74) is 1.97. The highest BCUT2D eigenvalue weighted by atomic mass is 16.5. The third-order valence-corrected chi connectivity index (χ3v) is 4.49. The number of H-pyrrole nitrogens is 1. The zero-order valence-electron chi connectivity index (χ0n) is 14.2. The van der Waals surface area contributed by atoms with Crippen LogP contribution in [-0.4, -0.2) is 44.9 Å². The summed E-state index contributed by atoms with van der Waals surface area (Å²) in [6.45, 7) is 3.54. The van der Waals surface area contributed by atoms with Gasteiger partial charge >= 0.3 is 5.97 Å². The van der Waals surface area contributed by atoms with Crippen LogP contribution in [0.2, 0.25) is 0 Å². The minimum absolute atomic E-state index is 0.332. The molecule has 25 heavy (non-hydrogen) atoms. The van der Waals surface area contributed by atoms with E-state index in [1.165, 1.54) is 0 Å². The van der Waals surface area contributed by atoms with Gasteiger partial charge in [-0.1, -0.05) is 24.6 Å². The van der Waals surface area contributed by atoms with Crippen molar-refractivity contribution in [3.8, 4) is 5.75 Å². The molecule has 1 aromatic carbocycles. The van der Waals surface area contributed by atoms with Gasteiger partial charge in [-0.2, -0.15) is 5.21 Å². The van der Waals surface area contributed by atoms with Gasteiger partial charge in [-0.15, -0.1) is 10.2 Å². The van der Waals surface area contributed by atoms with Crippen LogP contribution in [0.1, 0.15) is 43.5 Å². The van der Waals surface area contributed by atoms with E-state index in [0.717, 1.165) is 36.4 Å². The van der Waals surface area contributed by atoms with Crippen LogP contribution in [0.4, 0.5) is 5.69 Å². The average Bonchev–Trinajstić information content (AvgIpc) is 3.03. The number of carbonyl (C=O) groups is 1. The van der Waals surface area contributed by atoms with Gasteiger partial charge in [-0.25, -0.2) is 0 Å². The summed E-state index contributed by atoms with van der Waals surface area (Å²) in [4.78, 5) is 11.8. The Hall–Kier alpha value is -2.64. The molecule has 2 aromatic rings. The fourth-order valence-corrected chi connectivity index (χ4v) is 3.25. The molecule has 3 N–H and O–H groups in total. The van der Waals surface area contributed by atoms with Gasteiger partial charge in [0.1, 0.15) is 5.75 Å². The first-order valence-corrected chi connectivity index (χ1v) is 8.64. The Balaban J connectivity index is 1.87. The Morgan fingerprint density at radius 1 is 1.44 bits per heavy atom. The second kappa shape index (κ2) is 7.96. The van der Waals surface area contributed by atoms with Crippen molar-refractivity contribution in [2.45, 2.75) is 38.5 Å². The summed E-state index contributed by atoms with van der Waals surface area (Å²) in [5.74, 6) is -0.430. The minimum Gasteiger partial charge on any atom is -0.491 e. The van der Waals surface area contributed by atoms with Crippen molar-refractivity contribution >= 4 is 11.7 Å². The van der Waals surface area contributed by atoms with E-state index in [9.17, 15) is 9.90 Å². The monoisotopic (exact) mass is 345 g/mol. The molecule has 1 aliphatic heterocycles. The lowest BCUT2D eigenvalue weighted by Gasteiger charge is -2.21. The van der Waals surface area contributed by atoms with Crippen molar-refractivity contribution in [3.05, 3.63) is 29.6 Å². The quantitative estimate of drug-likeness (QED) is 0.705. The molecule has 8 heteroatoms. The third-order valence-electron chi connectivity index (χ3n) is 4.49. The average molecular weight is 345 g/mol. The molecule has 3 rings (SSSR count). The Morgan fingerprint density at radius 3 is 3.04 bits per heavy atom. The number of nitrogens with one attached hydrogen (secondary N) is 2. The maximum Gasteiger partial charge on any atom is 0.307 e. The molecule has 0 saturated carbocycles. The van der Waals surface area contributed by atoms with Crippen LogP contribution in [0.25, 0.3) is 0 Å². The van der Waals surface area contributed by atoms with Crippen LogP contribution in [-0.2, 0) is 11.2 Å². The number of tetrazole rings is 1. The fourth-order valence-electron chi connectivity index (χ4n) is 3.25. The van der Waals surface area contributed by atoms with E-state index in [1.807, 2.05) is 25.1 Å². The molecule has 0 spiro atoms. The molecule has 8 nitrogen and oxygen atoms in total. The number of hydrogen-bond donors (Lipinski definition) is 3. The Bertz CT molecular complexity index is 704. The molecule has 0 fully saturated rings. The summed E-state index contributed by atoms with van der Waals surface area (Å²) < 4.78 is 5.71. The number of hydrogen-bond acceptors (Lipinski definition) is 6. The van der Waals surface area contributed by atoms with Crippen molar-refractivity contribution < 1.29 is 14.6 Å². The molecule has 0 bridgehead atoms. The molecular weight excluding hydrogens is 322 g/mol. The second-order valence-electron chi connectivity index (χ2n) is 6.27. The molecule has 1 aliphatic rings. The minimum atomic E-state index is -0.826. The van der Waals surface area contributed by atoms with E-state index in [-0.39, 0.29) is 5.92 Å². The van der Waals surface area contributed by atoms with Crippen LogP contribution < -0.4 is 10.1 Å². The number of aliphatic carboxylic acids is 1. The number of aromatic amines is 1. The summed E-state index contributed by atoms with van der Waals surface area (Å²) >= 11 is 0. The van der Waals surface area contributed by atoms with Crippen LogP contribution in [0, 0.1) is 5.92 Å². The van der Waals surface area contributed by atoms with Crippen molar-refractivity contribution in [1.82, 2.24) is 20.6 Å². The Morgan fingerprint density at radius 2 is 2.32 bits per heavy atom. The number of aromatic nitrogens is 4. The van der Waals surface area contributed by atoms with Crippen molar-refractivity contribution in [3.63, 3.8) is 0 Å². The zero-order valence-corrected chi connectivity index (χ0v) is 14.2. The highest BCUT2D eigenvalue weighted by Gasteiger charge is 2.32. The van der Waals surface area contributed by atoms with Gasteiger partial charge in [0.15, 0.2) is 5.82 Å². The smallest absolute Gasteiger partial charge is 0.307 e. The largest absolute Gasteiger partial charge is 0.491 e. The molecule has 134 valence electrons. The van der Waals surface area contributed by atoms with Crippen molar-refractivity contribution in [2.24, 2.45) is 5.92 Å². The van der Waals surface area contributed by atoms with Gasteiger partial charge in [0.05, 0.1) is 18.2 Å². The predicted octanol–water partition coefficient (Wildman–Crippen LogP) is 2.22. The summed E-state index contributed by atoms with van der Waals surface area (Å²) in [6.07, 6.45) is 2.84. The number of nitrogens with zero attached hydrogens (tertiary/aromatic N) is 3. The van der Waals surface area contributed by atoms with Crippen molar-refractivity contribution in [2.75, 3.05) is 18.5 Å². The Labute approximate surface area is 146 Å². The Kier molecular flexibility index (Phi) is 5.47. The SMILES string of the molecule is CCCC(C(=O)O)C(Cc1ccc2c(c1)NCCCO2)c1nn[nH]n1. The lowest BCUT2D eigenvalue weighted by atomic mass is 9.83. The summed E-state index contributed by atoms with van der Waals surface area (Å²) in [7, 11) is 0. The lowest BCUT2D eigenvalue weighted by Crippen LogP contribution is -2.25. The molecule has 0 radical (unpaired) electrons. The summed E-state index contributed by atoms with van der Waals surface area (Å²) in [5, 5.41) is 27.2. The second-order valence-corrected chi connectivity index (χ2v) is 6.27. The normalized spacial score (nSPS) is 16.0. The lowest BCUT2D eigenvalue weighted by molar-refractivity contribution is -0.142. The molecule has 1 aromatic heterocycles. The molecule has 2 atom stereocenters. The molecule has 2 heterocycles. The number of rotatable bonds is 7. The van der Waals surface area contributed by atoms with E-state index in [0.29, 0.717) is 25.3 Å². The van der Waals surface area contributed by atoms with Gasteiger partial charge in [0, 0.05) is 12.5 Å². The van der Waals surface area contributed by atoms with Gasteiger partial charge < -0.3 is 15.2 Å². The van der Waals surface area contributed by atoms with E-state index in [2.05, 4.69) is 25.9 Å². The van der Waals surface area contributed by atoms with E-state index >= 15 is 0 Å². The van der Waals surface area contributed by atoms with Gasteiger partial charge in [0.2, 0.25) is 0 Å². The van der Waals surface area contributed by atoms with E-state index in [1.54, 1.807) is 0 Å². The number of benzene rings is 1. The molecule has 0 aliphatic carbocycles. The molecule has 2 unspecified atom stereocenters. The molecule has 0 amide bonds. The third kappa shape index (κ3) is 4.07. The molecule has 0 saturated heterocycles. The first-order chi connectivity index (χ1) is 12.2. The van der Waals surface area contributed by atoms with Crippen LogP contribution in [0.15, 0.2) is 18.2 Å². The van der Waals surface area contributed by atoms with Gasteiger partial charge in [0.25, 0.3) is 0 Å². The predicted molar refractivity (Wildman–Crippen MR) is 91.7 cm³/mol. The standard InChI is InChI=1S/C17H23N5O3/c1-2-4-12(17(23)24)13(16-19-21-22-20-16)9-11-5-6-15-14(10-11)18-7-3-8-25-15/h5-6,10,12-13,18H,2-4,7-9H2,1H3,(H,23,24)(H,19,20,21,22). The summed E-state index contributed by atoms with van der Waals surface area (Å²) in [6, 6.07) is 5.94. The van der Waals surface area contributed by atoms with Gasteiger partial charge in [-0.05, 0) is 37.0 Å². The van der Waals surface area contributed by atoms with Crippen LogP contribution in [0.5, 0.6) is 5.75 Å². The van der Waals surface area contributed by atoms with Crippen molar-refractivity contribution in [1.29, 1.82) is 0 Å². The number of carboxylic acids is 1. The van der Waals surface area contributed by atoms with Crippen LogP contribution >= 0.6 is 0 Å². The maximum absolute atomic E-state index is 11.8. The molecular formula is C17H23N5O3. The topological polar surface area (TPSA) is 113 Å². The van der Waals surface area contributed by atoms with Gasteiger partial charge in [-0.3, -0.25) is 4.79 Å². The van der Waals surface area contributed by atoms with Crippen LogP contribution in [0.3, 0.4) is 0 Å². The number of fused-ring (bicyclic) bond motifs is 1. The first kappa shape index (κ1) is 17.2. The maximum atomic E-state index is 11.8. The number of ether oxygens (including phenoxy) is 1. The fraction of sp³-hybridized carbons (Fsp3) is 0.529. The highest BCUT2D eigenvalue weighted by molar-refractivity contribution is 5.71. The van der Waals surface area contributed by atoms with E-state index in [4.69, 9.17) is 4.74 Å². The zero-order chi connectivity index (χ0) is 17.6. The number of carboxylic acid groups (broad SMARTS) is 1. The highest BCUT2D eigenvalue weighted by Crippen LogP contribution is 2.33. The first-order valence-electron chi connectivity index (χ1n) is 8.64. The van der Waals surface area contributed by atoms with E-state index < -0.39 is 11.9 Å². The number of anilines is 1.